The first-order valence-corrected chi connectivity index (χ1v) is 6.68. The molecule has 6 heteroatoms. The van der Waals surface area contributed by atoms with E-state index in [-0.39, 0.29) is 12.3 Å². The second-order valence-corrected chi connectivity index (χ2v) is 5.01. The molecule has 21 heavy (non-hydrogen) atoms. The summed E-state index contributed by atoms with van der Waals surface area (Å²) in [6.45, 7) is 0. The van der Waals surface area contributed by atoms with Crippen molar-refractivity contribution < 1.29 is 9.21 Å². The Hall–Kier alpha value is -2.37. The van der Waals surface area contributed by atoms with E-state index in [1.54, 1.807) is 18.2 Å². The lowest BCUT2D eigenvalue weighted by Crippen LogP contribution is -2.31. The van der Waals surface area contributed by atoms with Gasteiger partial charge in [0.15, 0.2) is 5.58 Å². The lowest BCUT2D eigenvalue weighted by Gasteiger charge is -2.02. The SMILES string of the molecule is NNC(=O)Cc1cccc(-c2nc3cc(Cl)ccc3o2)c1. The molecule has 106 valence electrons. The highest BCUT2D eigenvalue weighted by Crippen LogP contribution is 2.26. The molecule has 5 nitrogen and oxygen atoms in total. The summed E-state index contributed by atoms with van der Waals surface area (Å²) in [5.41, 5.74) is 5.10. The predicted molar refractivity (Wildman–Crippen MR) is 80.5 cm³/mol. The van der Waals surface area contributed by atoms with Gasteiger partial charge < -0.3 is 4.42 Å². The van der Waals surface area contributed by atoms with Crippen molar-refractivity contribution in [1.82, 2.24) is 10.4 Å². The minimum atomic E-state index is -0.253. The van der Waals surface area contributed by atoms with E-state index in [2.05, 4.69) is 10.4 Å². The van der Waals surface area contributed by atoms with Crippen LogP contribution in [-0.4, -0.2) is 10.9 Å². The monoisotopic (exact) mass is 301 g/mol. The molecule has 0 saturated heterocycles. The second-order valence-electron chi connectivity index (χ2n) is 4.58. The van der Waals surface area contributed by atoms with Crippen molar-refractivity contribution in [2.24, 2.45) is 5.84 Å². The fourth-order valence-electron chi connectivity index (χ4n) is 2.07. The van der Waals surface area contributed by atoms with E-state index >= 15 is 0 Å². The summed E-state index contributed by atoms with van der Waals surface area (Å²) in [4.78, 5) is 15.7. The number of benzene rings is 2. The summed E-state index contributed by atoms with van der Waals surface area (Å²) in [5.74, 6) is 5.33. The van der Waals surface area contributed by atoms with E-state index in [0.29, 0.717) is 22.0 Å². The standard InChI is InChI=1S/C15H12ClN3O2/c16-11-4-5-13-12(8-11)18-15(21-13)10-3-1-2-9(6-10)7-14(20)19-17/h1-6,8H,7,17H2,(H,19,20). The first kappa shape index (κ1) is 13.6. The van der Waals surface area contributed by atoms with Crippen molar-refractivity contribution in [3.05, 3.63) is 53.1 Å². The van der Waals surface area contributed by atoms with Gasteiger partial charge in [0.25, 0.3) is 0 Å². The molecule has 0 bridgehead atoms. The van der Waals surface area contributed by atoms with Gasteiger partial charge >= 0.3 is 0 Å². The molecule has 0 aliphatic carbocycles. The third kappa shape index (κ3) is 2.89. The van der Waals surface area contributed by atoms with Crippen LogP contribution in [0.25, 0.3) is 22.6 Å². The van der Waals surface area contributed by atoms with Gasteiger partial charge in [0.2, 0.25) is 11.8 Å². The molecule has 0 aliphatic rings. The molecule has 2 aromatic carbocycles. The molecule has 1 aromatic heterocycles. The number of rotatable bonds is 3. The zero-order valence-electron chi connectivity index (χ0n) is 11.0. The van der Waals surface area contributed by atoms with E-state index in [1.165, 1.54) is 0 Å². The van der Waals surface area contributed by atoms with Crippen molar-refractivity contribution in [3.8, 4) is 11.5 Å². The van der Waals surface area contributed by atoms with Gasteiger partial charge in [-0.2, -0.15) is 0 Å². The van der Waals surface area contributed by atoms with Crippen LogP contribution in [-0.2, 0) is 11.2 Å². The Bertz CT molecular complexity index is 814. The summed E-state index contributed by atoms with van der Waals surface area (Å²) < 4.78 is 5.70. The zero-order valence-corrected chi connectivity index (χ0v) is 11.7. The number of carbonyl (C=O) groups excluding carboxylic acids is 1. The van der Waals surface area contributed by atoms with Crippen LogP contribution >= 0.6 is 11.6 Å². The number of aromatic nitrogens is 1. The van der Waals surface area contributed by atoms with Gasteiger partial charge in [-0.3, -0.25) is 10.2 Å². The number of oxazole rings is 1. The van der Waals surface area contributed by atoms with Gasteiger partial charge in [-0.1, -0.05) is 23.7 Å². The maximum absolute atomic E-state index is 11.3. The molecule has 0 atom stereocenters. The van der Waals surface area contributed by atoms with E-state index in [1.807, 2.05) is 24.3 Å². The summed E-state index contributed by atoms with van der Waals surface area (Å²) >= 11 is 5.93. The van der Waals surface area contributed by atoms with Crippen molar-refractivity contribution in [3.63, 3.8) is 0 Å². The highest BCUT2D eigenvalue weighted by Gasteiger charge is 2.10. The number of carbonyl (C=O) groups is 1. The third-order valence-corrected chi connectivity index (χ3v) is 3.28. The van der Waals surface area contributed by atoms with Crippen molar-refractivity contribution in [2.75, 3.05) is 0 Å². The van der Waals surface area contributed by atoms with Gasteiger partial charge in [0.05, 0.1) is 6.42 Å². The van der Waals surface area contributed by atoms with Crippen LogP contribution in [0, 0.1) is 0 Å². The first-order chi connectivity index (χ1) is 10.2. The number of fused-ring (bicyclic) bond motifs is 1. The van der Waals surface area contributed by atoms with E-state index < -0.39 is 0 Å². The summed E-state index contributed by atoms with van der Waals surface area (Å²) in [5, 5.41) is 0.607. The number of nitrogens with one attached hydrogen (secondary N) is 1. The zero-order chi connectivity index (χ0) is 14.8. The molecule has 0 unspecified atom stereocenters. The maximum Gasteiger partial charge on any atom is 0.238 e. The summed E-state index contributed by atoms with van der Waals surface area (Å²) in [6, 6.07) is 12.7. The number of hydrazine groups is 1. The average Bonchev–Trinajstić information content (AvgIpc) is 2.90. The Balaban J connectivity index is 1.98. The Labute approximate surface area is 125 Å². The highest BCUT2D eigenvalue weighted by molar-refractivity contribution is 6.31. The average molecular weight is 302 g/mol. The minimum absolute atomic E-state index is 0.205. The maximum atomic E-state index is 11.3. The summed E-state index contributed by atoms with van der Waals surface area (Å²) in [6.07, 6.45) is 0.205. The van der Waals surface area contributed by atoms with Crippen LogP contribution < -0.4 is 11.3 Å². The van der Waals surface area contributed by atoms with Crippen LogP contribution in [0.2, 0.25) is 5.02 Å². The number of nitrogens with two attached hydrogens (primary N) is 1. The Morgan fingerprint density at radius 3 is 2.95 bits per heavy atom. The first-order valence-electron chi connectivity index (χ1n) is 6.30. The largest absolute Gasteiger partial charge is 0.436 e. The number of hydrogen-bond donors (Lipinski definition) is 2. The highest BCUT2D eigenvalue weighted by atomic mass is 35.5. The molecule has 3 aromatic rings. The van der Waals surface area contributed by atoms with Crippen LogP contribution in [0.5, 0.6) is 0 Å². The normalized spacial score (nSPS) is 10.8. The lowest BCUT2D eigenvalue weighted by atomic mass is 10.1. The molecule has 0 radical (unpaired) electrons. The van der Waals surface area contributed by atoms with Crippen LogP contribution in [0.1, 0.15) is 5.56 Å². The Kier molecular flexibility index (Phi) is 3.60. The fourth-order valence-corrected chi connectivity index (χ4v) is 2.24. The molecule has 0 fully saturated rings. The number of halogens is 1. The van der Waals surface area contributed by atoms with E-state index in [4.69, 9.17) is 21.9 Å². The van der Waals surface area contributed by atoms with Gasteiger partial charge in [0.1, 0.15) is 5.52 Å². The Morgan fingerprint density at radius 1 is 1.29 bits per heavy atom. The van der Waals surface area contributed by atoms with Gasteiger partial charge in [-0.25, -0.2) is 10.8 Å². The van der Waals surface area contributed by atoms with Crippen LogP contribution in [0.3, 0.4) is 0 Å². The molecule has 3 N–H and O–H groups in total. The second kappa shape index (κ2) is 5.55. The van der Waals surface area contributed by atoms with Gasteiger partial charge in [-0.05, 0) is 35.9 Å². The fraction of sp³-hybridized carbons (Fsp3) is 0.0667. The molecule has 3 rings (SSSR count). The van der Waals surface area contributed by atoms with Gasteiger partial charge in [0, 0.05) is 10.6 Å². The lowest BCUT2D eigenvalue weighted by molar-refractivity contribution is -0.120. The summed E-state index contributed by atoms with van der Waals surface area (Å²) in [7, 11) is 0. The third-order valence-electron chi connectivity index (χ3n) is 3.05. The molecular formula is C15H12ClN3O2. The smallest absolute Gasteiger partial charge is 0.238 e. The molecule has 0 saturated carbocycles. The topological polar surface area (TPSA) is 81.1 Å². The molecular weight excluding hydrogens is 290 g/mol. The number of nitrogens with zero attached hydrogens (tertiary/aromatic N) is 1. The van der Waals surface area contributed by atoms with Crippen molar-refractivity contribution in [2.45, 2.75) is 6.42 Å². The van der Waals surface area contributed by atoms with Crippen LogP contribution in [0.15, 0.2) is 46.9 Å². The molecule has 0 spiro atoms. The van der Waals surface area contributed by atoms with Crippen molar-refractivity contribution >= 4 is 28.6 Å². The van der Waals surface area contributed by atoms with E-state index in [0.717, 1.165) is 11.1 Å². The molecule has 1 amide bonds. The predicted octanol–water partition coefficient (Wildman–Crippen LogP) is 2.68. The van der Waals surface area contributed by atoms with Crippen LogP contribution in [0.4, 0.5) is 0 Å². The Morgan fingerprint density at radius 2 is 2.14 bits per heavy atom. The number of amides is 1. The van der Waals surface area contributed by atoms with E-state index in [9.17, 15) is 4.79 Å². The molecule has 1 heterocycles. The number of hydrogen-bond acceptors (Lipinski definition) is 4. The quantitative estimate of drug-likeness (QED) is 0.443. The minimum Gasteiger partial charge on any atom is -0.436 e. The van der Waals surface area contributed by atoms with Crippen molar-refractivity contribution in [1.29, 1.82) is 0 Å². The van der Waals surface area contributed by atoms with Gasteiger partial charge in [-0.15, -0.1) is 0 Å². The molecule has 0 aliphatic heterocycles.